The van der Waals surface area contributed by atoms with Crippen molar-refractivity contribution in [2.75, 3.05) is 20.3 Å². The van der Waals surface area contributed by atoms with E-state index in [0.29, 0.717) is 17.7 Å². The van der Waals surface area contributed by atoms with Crippen LogP contribution in [0.15, 0.2) is 40.6 Å². The SMILES string of the molecule is COc1ccc(S(=O)(=O)N2CCc3sccc3[C@H](CO)[C@@H]2C(=O)O)cc1. The van der Waals surface area contributed by atoms with E-state index in [-0.39, 0.29) is 11.4 Å². The maximum atomic E-state index is 13.1. The quantitative estimate of drug-likeness (QED) is 0.793. The Morgan fingerprint density at radius 1 is 1.31 bits per heavy atom. The molecule has 1 aliphatic rings. The molecule has 26 heavy (non-hydrogen) atoms. The molecule has 2 heterocycles. The number of nitrogens with zero attached hydrogens (tertiary/aromatic N) is 1. The fourth-order valence-corrected chi connectivity index (χ4v) is 5.81. The van der Waals surface area contributed by atoms with Crippen LogP contribution in [0.4, 0.5) is 0 Å². The summed E-state index contributed by atoms with van der Waals surface area (Å²) in [5, 5.41) is 21.4. The lowest BCUT2D eigenvalue weighted by molar-refractivity contribution is -0.142. The Morgan fingerprint density at radius 3 is 2.58 bits per heavy atom. The average Bonchev–Trinajstić information content (AvgIpc) is 3.02. The number of rotatable bonds is 5. The predicted octanol–water partition coefficient (Wildman–Crippen LogP) is 1.53. The van der Waals surface area contributed by atoms with E-state index in [1.165, 1.54) is 42.7 Å². The summed E-state index contributed by atoms with van der Waals surface area (Å²) in [5.74, 6) is -1.59. The molecule has 0 saturated carbocycles. The molecule has 7 nitrogen and oxygen atoms in total. The van der Waals surface area contributed by atoms with Gasteiger partial charge in [-0.3, -0.25) is 4.79 Å². The van der Waals surface area contributed by atoms with Crippen LogP contribution in [-0.4, -0.2) is 55.2 Å². The summed E-state index contributed by atoms with van der Waals surface area (Å²) in [6, 6.07) is 6.20. The van der Waals surface area contributed by atoms with Crippen molar-refractivity contribution in [2.45, 2.75) is 23.3 Å². The minimum absolute atomic E-state index is 0.00788. The first-order valence-electron chi connectivity index (χ1n) is 7.96. The molecule has 1 aliphatic heterocycles. The first-order valence-corrected chi connectivity index (χ1v) is 10.3. The van der Waals surface area contributed by atoms with Crippen LogP contribution in [0.3, 0.4) is 0 Å². The number of aliphatic carboxylic acids is 1. The van der Waals surface area contributed by atoms with Crippen molar-refractivity contribution in [1.82, 2.24) is 4.31 Å². The first-order chi connectivity index (χ1) is 12.4. The van der Waals surface area contributed by atoms with E-state index in [2.05, 4.69) is 0 Å². The number of sulfonamides is 1. The van der Waals surface area contributed by atoms with Crippen molar-refractivity contribution in [1.29, 1.82) is 0 Å². The summed E-state index contributed by atoms with van der Waals surface area (Å²) in [6.45, 7) is -0.412. The molecule has 0 unspecified atom stereocenters. The van der Waals surface area contributed by atoms with Gasteiger partial charge in [-0.15, -0.1) is 11.3 Å². The van der Waals surface area contributed by atoms with Crippen LogP contribution >= 0.6 is 11.3 Å². The zero-order valence-corrected chi connectivity index (χ0v) is 15.7. The highest BCUT2D eigenvalue weighted by molar-refractivity contribution is 7.89. The van der Waals surface area contributed by atoms with Crippen molar-refractivity contribution in [3.05, 3.63) is 46.2 Å². The van der Waals surface area contributed by atoms with E-state index >= 15 is 0 Å². The second-order valence-corrected chi connectivity index (χ2v) is 8.80. The van der Waals surface area contributed by atoms with E-state index in [1.807, 2.05) is 5.38 Å². The smallest absolute Gasteiger partial charge is 0.322 e. The number of hydrogen-bond donors (Lipinski definition) is 2. The largest absolute Gasteiger partial charge is 0.497 e. The van der Waals surface area contributed by atoms with Gasteiger partial charge in [0, 0.05) is 17.3 Å². The van der Waals surface area contributed by atoms with Crippen LogP contribution in [0.5, 0.6) is 5.75 Å². The van der Waals surface area contributed by atoms with E-state index in [0.717, 1.165) is 9.18 Å². The number of carboxylic acid groups (broad SMARTS) is 1. The molecule has 140 valence electrons. The molecule has 1 aromatic carbocycles. The fraction of sp³-hybridized carbons (Fsp3) is 0.353. The number of carbonyl (C=O) groups is 1. The molecular formula is C17H19NO6S2. The lowest BCUT2D eigenvalue weighted by atomic mass is 9.93. The summed E-state index contributed by atoms with van der Waals surface area (Å²) in [4.78, 5) is 12.9. The molecule has 0 radical (unpaired) electrons. The predicted molar refractivity (Wildman–Crippen MR) is 96.2 cm³/mol. The topological polar surface area (TPSA) is 104 Å². The van der Waals surface area contributed by atoms with Crippen LogP contribution in [0.2, 0.25) is 0 Å². The summed E-state index contributed by atoms with van der Waals surface area (Å²) in [7, 11) is -2.58. The monoisotopic (exact) mass is 397 g/mol. The molecule has 9 heteroatoms. The van der Waals surface area contributed by atoms with Crippen molar-refractivity contribution in [3.8, 4) is 5.75 Å². The number of hydrogen-bond acceptors (Lipinski definition) is 6. The molecule has 2 N–H and O–H groups in total. The number of thiophene rings is 1. The van der Waals surface area contributed by atoms with Gasteiger partial charge in [0.25, 0.3) is 0 Å². The van der Waals surface area contributed by atoms with Gasteiger partial charge in [0.2, 0.25) is 10.0 Å². The second-order valence-electron chi connectivity index (χ2n) is 5.91. The van der Waals surface area contributed by atoms with Crippen molar-refractivity contribution < 1.29 is 28.2 Å². The Bertz CT molecular complexity index is 890. The van der Waals surface area contributed by atoms with Crippen LogP contribution in [0.1, 0.15) is 16.4 Å². The summed E-state index contributed by atoms with van der Waals surface area (Å²) in [6.07, 6.45) is 0.405. The number of methoxy groups -OCH3 is 1. The fourth-order valence-electron chi connectivity index (χ4n) is 3.25. The van der Waals surface area contributed by atoms with Gasteiger partial charge in [-0.1, -0.05) is 0 Å². The number of fused-ring (bicyclic) bond motifs is 1. The highest BCUT2D eigenvalue weighted by Crippen LogP contribution is 2.36. The maximum absolute atomic E-state index is 13.1. The third kappa shape index (κ3) is 3.23. The van der Waals surface area contributed by atoms with Crippen LogP contribution in [0, 0.1) is 0 Å². The van der Waals surface area contributed by atoms with Gasteiger partial charge < -0.3 is 14.9 Å². The standard InChI is InChI=1S/C17H19NO6S2/c1-24-11-2-4-12(5-3-11)26(22,23)18-8-6-15-13(7-9-25-15)14(10-19)16(18)17(20)21/h2-5,7,9,14,16,19H,6,8,10H2,1H3,(H,20,21)/t14-,16+/m0/s1. The molecule has 0 saturated heterocycles. The number of aliphatic hydroxyl groups is 1. The third-order valence-electron chi connectivity index (χ3n) is 4.55. The Labute approximate surface area is 155 Å². The number of aliphatic hydroxyl groups excluding tert-OH is 1. The van der Waals surface area contributed by atoms with Crippen molar-refractivity contribution >= 4 is 27.3 Å². The molecule has 0 amide bonds. The summed E-state index contributed by atoms with van der Waals surface area (Å²) < 4.78 is 32.3. The molecule has 2 atom stereocenters. The summed E-state index contributed by atoms with van der Waals surface area (Å²) >= 11 is 1.44. The van der Waals surface area contributed by atoms with E-state index in [4.69, 9.17) is 4.74 Å². The zero-order chi connectivity index (χ0) is 18.9. The second kappa shape index (κ2) is 7.36. The minimum Gasteiger partial charge on any atom is -0.497 e. The lowest BCUT2D eigenvalue weighted by Gasteiger charge is -2.30. The van der Waals surface area contributed by atoms with E-state index in [9.17, 15) is 23.4 Å². The molecule has 0 fully saturated rings. The van der Waals surface area contributed by atoms with Crippen molar-refractivity contribution in [2.24, 2.45) is 0 Å². The van der Waals surface area contributed by atoms with Gasteiger partial charge in [0.15, 0.2) is 0 Å². The minimum atomic E-state index is -4.05. The first kappa shape index (κ1) is 18.8. The van der Waals surface area contributed by atoms with E-state index in [1.54, 1.807) is 6.07 Å². The Balaban J connectivity index is 2.06. The van der Waals surface area contributed by atoms with Crippen molar-refractivity contribution in [3.63, 3.8) is 0 Å². The lowest BCUT2D eigenvalue weighted by Crippen LogP contribution is -2.48. The zero-order valence-electron chi connectivity index (χ0n) is 14.0. The van der Waals surface area contributed by atoms with Crippen LogP contribution in [-0.2, 0) is 21.2 Å². The van der Waals surface area contributed by atoms with Crippen LogP contribution < -0.4 is 4.74 Å². The Kier molecular flexibility index (Phi) is 5.33. The Morgan fingerprint density at radius 2 is 2.00 bits per heavy atom. The molecule has 0 bridgehead atoms. The molecule has 1 aromatic heterocycles. The van der Waals surface area contributed by atoms with Gasteiger partial charge >= 0.3 is 5.97 Å². The highest BCUT2D eigenvalue weighted by Gasteiger charge is 2.44. The highest BCUT2D eigenvalue weighted by atomic mass is 32.2. The molecule has 0 aliphatic carbocycles. The maximum Gasteiger partial charge on any atom is 0.322 e. The van der Waals surface area contributed by atoms with Crippen LogP contribution in [0.25, 0.3) is 0 Å². The molecule has 0 spiro atoms. The normalized spacial score (nSPS) is 21.0. The number of carboxylic acids is 1. The van der Waals surface area contributed by atoms with E-state index < -0.39 is 34.6 Å². The van der Waals surface area contributed by atoms with Gasteiger partial charge in [0.05, 0.1) is 18.6 Å². The third-order valence-corrected chi connectivity index (χ3v) is 7.44. The van der Waals surface area contributed by atoms with Gasteiger partial charge in [-0.05, 0) is 47.7 Å². The molecule has 3 rings (SSSR count). The molecule has 2 aromatic rings. The molecular weight excluding hydrogens is 378 g/mol. The number of benzene rings is 1. The summed E-state index contributed by atoms with van der Waals surface area (Å²) in [5.41, 5.74) is 0.706. The van der Waals surface area contributed by atoms with Gasteiger partial charge in [0.1, 0.15) is 11.8 Å². The number of ether oxygens (including phenoxy) is 1. The van der Waals surface area contributed by atoms with Gasteiger partial charge in [-0.25, -0.2) is 8.42 Å². The van der Waals surface area contributed by atoms with Gasteiger partial charge in [-0.2, -0.15) is 4.31 Å². The Hall–Kier alpha value is -1.94. The average molecular weight is 397 g/mol.